The van der Waals surface area contributed by atoms with Crippen LogP contribution in [-0.2, 0) is 10.2 Å². The van der Waals surface area contributed by atoms with Gasteiger partial charge in [0, 0.05) is 31.2 Å². The molecule has 5 nitrogen and oxygen atoms in total. The summed E-state index contributed by atoms with van der Waals surface area (Å²) in [6, 6.07) is 0.128. The van der Waals surface area contributed by atoms with Crippen molar-refractivity contribution in [1.29, 1.82) is 0 Å². The summed E-state index contributed by atoms with van der Waals surface area (Å²) in [6.45, 7) is 5.59. The van der Waals surface area contributed by atoms with Crippen molar-refractivity contribution in [3.63, 3.8) is 0 Å². The number of nitrogens with two attached hydrogens (primary N) is 1. The van der Waals surface area contributed by atoms with E-state index in [1.54, 1.807) is 4.31 Å². The molecule has 0 aromatic carbocycles. The zero-order chi connectivity index (χ0) is 12.7. The van der Waals surface area contributed by atoms with E-state index in [2.05, 4.69) is 0 Å². The molecule has 6 heteroatoms. The molecule has 2 saturated heterocycles. The second-order valence-electron chi connectivity index (χ2n) is 5.45. The molecule has 2 aliphatic rings. The summed E-state index contributed by atoms with van der Waals surface area (Å²) in [6.07, 6.45) is 3.89. The van der Waals surface area contributed by atoms with E-state index in [-0.39, 0.29) is 11.6 Å². The average Bonchev–Trinajstić information content (AvgIpc) is 2.25. The van der Waals surface area contributed by atoms with Crippen molar-refractivity contribution in [2.24, 2.45) is 5.73 Å². The van der Waals surface area contributed by atoms with E-state index in [9.17, 15) is 8.42 Å². The third-order valence-corrected chi connectivity index (χ3v) is 6.10. The Kier molecular flexibility index (Phi) is 3.51. The molecule has 17 heavy (non-hydrogen) atoms. The summed E-state index contributed by atoms with van der Waals surface area (Å²) in [4.78, 5) is 0. The van der Waals surface area contributed by atoms with Crippen molar-refractivity contribution in [3.05, 3.63) is 0 Å². The lowest BCUT2D eigenvalue weighted by atomic mass is 9.91. The standard InChI is InChI=1S/C11H23N3O2S/c1-3-11(12)8-13(9-11)17(15,16)14-7-5-4-6-10(14)2/h10H,3-9,12H2,1-2H3. The van der Waals surface area contributed by atoms with E-state index in [0.717, 1.165) is 25.7 Å². The Balaban J connectivity index is 2.05. The van der Waals surface area contributed by atoms with Crippen LogP contribution >= 0.6 is 0 Å². The van der Waals surface area contributed by atoms with E-state index < -0.39 is 10.2 Å². The van der Waals surface area contributed by atoms with Crippen LogP contribution in [0.5, 0.6) is 0 Å². The number of piperidine rings is 1. The first kappa shape index (κ1) is 13.3. The molecule has 0 aliphatic carbocycles. The quantitative estimate of drug-likeness (QED) is 0.806. The zero-order valence-corrected chi connectivity index (χ0v) is 11.5. The lowest BCUT2D eigenvalue weighted by molar-refractivity contribution is 0.134. The highest BCUT2D eigenvalue weighted by molar-refractivity contribution is 7.86. The summed E-state index contributed by atoms with van der Waals surface area (Å²) in [5.41, 5.74) is 5.73. The van der Waals surface area contributed by atoms with Crippen molar-refractivity contribution in [2.45, 2.75) is 51.1 Å². The molecule has 2 fully saturated rings. The Labute approximate surface area is 104 Å². The van der Waals surface area contributed by atoms with E-state index in [4.69, 9.17) is 5.73 Å². The van der Waals surface area contributed by atoms with Gasteiger partial charge in [0.15, 0.2) is 0 Å². The van der Waals surface area contributed by atoms with Crippen LogP contribution in [0.3, 0.4) is 0 Å². The highest BCUT2D eigenvalue weighted by Gasteiger charge is 2.47. The van der Waals surface area contributed by atoms with Gasteiger partial charge in [0.25, 0.3) is 10.2 Å². The number of hydrogen-bond acceptors (Lipinski definition) is 3. The van der Waals surface area contributed by atoms with E-state index in [1.807, 2.05) is 13.8 Å². The van der Waals surface area contributed by atoms with Crippen LogP contribution in [0.15, 0.2) is 0 Å². The Morgan fingerprint density at radius 2 is 2.00 bits per heavy atom. The first-order valence-corrected chi connectivity index (χ1v) is 7.84. The summed E-state index contributed by atoms with van der Waals surface area (Å²) < 4.78 is 27.9. The molecular formula is C11H23N3O2S. The topological polar surface area (TPSA) is 66.6 Å². The van der Waals surface area contributed by atoms with Gasteiger partial charge in [-0.15, -0.1) is 0 Å². The van der Waals surface area contributed by atoms with Crippen LogP contribution in [0.4, 0.5) is 0 Å². The average molecular weight is 261 g/mol. The highest BCUT2D eigenvalue weighted by atomic mass is 32.2. The monoisotopic (exact) mass is 261 g/mol. The van der Waals surface area contributed by atoms with Crippen LogP contribution in [-0.4, -0.2) is 48.2 Å². The van der Waals surface area contributed by atoms with Crippen LogP contribution < -0.4 is 5.73 Å². The maximum Gasteiger partial charge on any atom is 0.282 e. The van der Waals surface area contributed by atoms with Crippen molar-refractivity contribution in [2.75, 3.05) is 19.6 Å². The first-order chi connectivity index (χ1) is 7.89. The molecule has 2 aliphatic heterocycles. The summed E-state index contributed by atoms with van der Waals surface area (Å²) in [5, 5.41) is 0. The van der Waals surface area contributed by atoms with E-state index in [0.29, 0.717) is 19.6 Å². The van der Waals surface area contributed by atoms with Crippen molar-refractivity contribution in [1.82, 2.24) is 8.61 Å². The van der Waals surface area contributed by atoms with Gasteiger partial charge >= 0.3 is 0 Å². The fraction of sp³-hybridized carbons (Fsp3) is 1.00. The molecule has 0 radical (unpaired) electrons. The van der Waals surface area contributed by atoms with Crippen LogP contribution in [0, 0.1) is 0 Å². The third kappa shape index (κ3) is 2.36. The highest BCUT2D eigenvalue weighted by Crippen LogP contribution is 2.29. The molecule has 0 amide bonds. The SMILES string of the molecule is CCC1(N)CN(S(=O)(=O)N2CCCCC2C)C1. The van der Waals surface area contributed by atoms with Gasteiger partial charge in [0.2, 0.25) is 0 Å². The maximum absolute atomic E-state index is 12.4. The maximum atomic E-state index is 12.4. The fourth-order valence-corrected chi connectivity index (χ4v) is 4.66. The minimum Gasteiger partial charge on any atom is -0.323 e. The minimum absolute atomic E-state index is 0.128. The van der Waals surface area contributed by atoms with Gasteiger partial charge in [-0.3, -0.25) is 0 Å². The molecule has 0 saturated carbocycles. The Morgan fingerprint density at radius 1 is 1.35 bits per heavy atom. The molecule has 0 aromatic rings. The van der Waals surface area contributed by atoms with Gasteiger partial charge in [-0.2, -0.15) is 17.0 Å². The fourth-order valence-electron chi connectivity index (χ4n) is 2.61. The normalized spacial score (nSPS) is 31.1. The summed E-state index contributed by atoms with van der Waals surface area (Å²) >= 11 is 0. The van der Waals surface area contributed by atoms with Crippen LogP contribution in [0.2, 0.25) is 0 Å². The Hall–Kier alpha value is -0.170. The summed E-state index contributed by atoms with van der Waals surface area (Å²) in [7, 11) is -3.27. The lowest BCUT2D eigenvalue weighted by Crippen LogP contribution is -2.70. The second kappa shape index (κ2) is 4.50. The van der Waals surface area contributed by atoms with Crippen molar-refractivity contribution < 1.29 is 8.42 Å². The predicted molar refractivity (Wildman–Crippen MR) is 67.7 cm³/mol. The second-order valence-corrected chi connectivity index (χ2v) is 7.33. The molecule has 1 atom stereocenters. The Bertz CT molecular complexity index is 376. The number of hydrogen-bond donors (Lipinski definition) is 1. The summed E-state index contributed by atoms with van der Waals surface area (Å²) in [5.74, 6) is 0. The Morgan fingerprint density at radius 3 is 2.53 bits per heavy atom. The molecule has 2 N–H and O–H groups in total. The van der Waals surface area contributed by atoms with Gasteiger partial charge in [-0.25, -0.2) is 0 Å². The van der Waals surface area contributed by atoms with Crippen molar-refractivity contribution >= 4 is 10.2 Å². The van der Waals surface area contributed by atoms with Gasteiger partial charge in [-0.05, 0) is 26.2 Å². The molecule has 2 heterocycles. The smallest absolute Gasteiger partial charge is 0.282 e. The number of nitrogens with zero attached hydrogens (tertiary/aromatic N) is 2. The molecule has 0 spiro atoms. The molecule has 0 aromatic heterocycles. The van der Waals surface area contributed by atoms with E-state index >= 15 is 0 Å². The molecule has 0 bridgehead atoms. The van der Waals surface area contributed by atoms with Gasteiger partial charge < -0.3 is 5.73 Å². The van der Waals surface area contributed by atoms with Gasteiger partial charge in [-0.1, -0.05) is 13.3 Å². The minimum atomic E-state index is -3.27. The van der Waals surface area contributed by atoms with Crippen LogP contribution in [0.1, 0.15) is 39.5 Å². The molecular weight excluding hydrogens is 238 g/mol. The predicted octanol–water partition coefficient (Wildman–Crippen LogP) is 0.529. The van der Waals surface area contributed by atoms with Crippen molar-refractivity contribution in [3.8, 4) is 0 Å². The molecule has 100 valence electrons. The van der Waals surface area contributed by atoms with Gasteiger partial charge in [0.05, 0.1) is 0 Å². The number of rotatable bonds is 3. The molecule has 2 rings (SSSR count). The lowest BCUT2D eigenvalue weighted by Gasteiger charge is -2.48. The third-order valence-electron chi connectivity index (χ3n) is 4.05. The first-order valence-electron chi connectivity index (χ1n) is 6.45. The zero-order valence-electron chi connectivity index (χ0n) is 10.7. The van der Waals surface area contributed by atoms with Gasteiger partial charge in [0.1, 0.15) is 0 Å². The van der Waals surface area contributed by atoms with Crippen LogP contribution in [0.25, 0.3) is 0 Å². The molecule has 1 unspecified atom stereocenters. The largest absolute Gasteiger partial charge is 0.323 e. The van der Waals surface area contributed by atoms with E-state index in [1.165, 1.54) is 4.31 Å².